The van der Waals surface area contributed by atoms with Gasteiger partial charge in [-0.15, -0.1) is 11.3 Å². The molecule has 0 spiro atoms. The van der Waals surface area contributed by atoms with Crippen molar-refractivity contribution in [3.05, 3.63) is 39.7 Å². The lowest BCUT2D eigenvalue weighted by molar-refractivity contribution is 0.512. The van der Waals surface area contributed by atoms with Gasteiger partial charge >= 0.3 is 0 Å². The average molecular weight is 258 g/mol. The molecule has 3 rings (SSSR count). The van der Waals surface area contributed by atoms with Crippen molar-refractivity contribution in [1.29, 1.82) is 0 Å². The SMILES string of the molecule is CC(C)C(N)c1nc2c(s1)CCc1ccccc1-2. The summed E-state index contributed by atoms with van der Waals surface area (Å²) in [5.41, 5.74) is 10.1. The molecule has 1 unspecified atom stereocenters. The van der Waals surface area contributed by atoms with Gasteiger partial charge in [-0.25, -0.2) is 4.98 Å². The van der Waals surface area contributed by atoms with Crippen LogP contribution >= 0.6 is 11.3 Å². The van der Waals surface area contributed by atoms with E-state index in [4.69, 9.17) is 10.7 Å². The zero-order valence-electron chi connectivity index (χ0n) is 10.8. The predicted octanol–water partition coefficient (Wildman–Crippen LogP) is 3.56. The Kier molecular flexibility index (Phi) is 2.96. The van der Waals surface area contributed by atoms with Crippen molar-refractivity contribution < 1.29 is 0 Å². The summed E-state index contributed by atoms with van der Waals surface area (Å²) in [5.74, 6) is 0.438. The smallest absolute Gasteiger partial charge is 0.111 e. The number of rotatable bonds is 2. The van der Waals surface area contributed by atoms with Crippen LogP contribution in [0.4, 0.5) is 0 Å². The zero-order chi connectivity index (χ0) is 12.7. The number of hydrogen-bond donors (Lipinski definition) is 1. The molecule has 0 amide bonds. The highest BCUT2D eigenvalue weighted by atomic mass is 32.1. The molecular formula is C15H18N2S. The normalized spacial score (nSPS) is 15.3. The number of hydrogen-bond acceptors (Lipinski definition) is 3. The summed E-state index contributed by atoms with van der Waals surface area (Å²) in [5, 5.41) is 1.09. The van der Waals surface area contributed by atoms with E-state index in [-0.39, 0.29) is 6.04 Å². The molecule has 0 bridgehead atoms. The van der Waals surface area contributed by atoms with E-state index in [9.17, 15) is 0 Å². The third-order valence-corrected chi connectivity index (χ3v) is 4.83. The Labute approximate surface area is 112 Å². The molecular weight excluding hydrogens is 240 g/mol. The first kappa shape index (κ1) is 11.9. The largest absolute Gasteiger partial charge is 0.322 e. The third-order valence-electron chi connectivity index (χ3n) is 3.61. The van der Waals surface area contributed by atoms with Crippen molar-refractivity contribution in [2.45, 2.75) is 32.7 Å². The first-order valence-electron chi connectivity index (χ1n) is 6.50. The van der Waals surface area contributed by atoms with E-state index in [1.54, 1.807) is 11.3 Å². The summed E-state index contributed by atoms with van der Waals surface area (Å²) in [4.78, 5) is 6.21. The zero-order valence-corrected chi connectivity index (χ0v) is 11.6. The van der Waals surface area contributed by atoms with Gasteiger partial charge in [-0.2, -0.15) is 0 Å². The lowest BCUT2D eigenvalue weighted by atomic mass is 9.94. The van der Waals surface area contributed by atoms with Gasteiger partial charge in [0.15, 0.2) is 0 Å². The number of fused-ring (bicyclic) bond motifs is 3. The average Bonchev–Trinajstić information content (AvgIpc) is 2.81. The topological polar surface area (TPSA) is 38.9 Å². The van der Waals surface area contributed by atoms with Crippen LogP contribution in [0.1, 0.15) is 35.3 Å². The van der Waals surface area contributed by atoms with Crippen LogP contribution in [0.2, 0.25) is 0 Å². The van der Waals surface area contributed by atoms with Gasteiger partial charge in [-0.1, -0.05) is 38.1 Å². The van der Waals surface area contributed by atoms with E-state index < -0.39 is 0 Å². The van der Waals surface area contributed by atoms with Gasteiger partial charge in [0.1, 0.15) is 5.01 Å². The first-order valence-corrected chi connectivity index (χ1v) is 7.32. The van der Waals surface area contributed by atoms with Crippen LogP contribution in [0.5, 0.6) is 0 Å². The van der Waals surface area contributed by atoms with E-state index in [1.807, 2.05) is 0 Å². The monoisotopic (exact) mass is 258 g/mol. The molecule has 1 atom stereocenters. The molecule has 0 radical (unpaired) electrons. The highest BCUT2D eigenvalue weighted by Crippen LogP contribution is 2.38. The molecule has 94 valence electrons. The van der Waals surface area contributed by atoms with Crippen molar-refractivity contribution >= 4 is 11.3 Å². The molecule has 0 saturated carbocycles. The highest BCUT2D eigenvalue weighted by Gasteiger charge is 2.23. The second kappa shape index (κ2) is 4.48. The van der Waals surface area contributed by atoms with E-state index >= 15 is 0 Å². The number of thiazole rings is 1. The Morgan fingerprint density at radius 2 is 2.00 bits per heavy atom. The molecule has 18 heavy (non-hydrogen) atoms. The van der Waals surface area contributed by atoms with E-state index in [0.717, 1.165) is 17.8 Å². The molecule has 2 aromatic rings. The van der Waals surface area contributed by atoms with Crippen molar-refractivity contribution in [2.75, 3.05) is 0 Å². The van der Waals surface area contributed by atoms with Gasteiger partial charge < -0.3 is 5.73 Å². The fourth-order valence-electron chi connectivity index (χ4n) is 2.40. The molecule has 3 heteroatoms. The maximum atomic E-state index is 6.22. The Balaban J connectivity index is 2.07. The van der Waals surface area contributed by atoms with E-state index in [2.05, 4.69) is 38.1 Å². The lowest BCUT2D eigenvalue weighted by Crippen LogP contribution is -2.16. The lowest BCUT2D eigenvalue weighted by Gasteiger charge is -2.14. The second-order valence-electron chi connectivity index (χ2n) is 5.25. The molecule has 1 aliphatic rings. The molecule has 1 aromatic heterocycles. The molecule has 2 N–H and O–H groups in total. The summed E-state index contributed by atoms with van der Waals surface area (Å²) in [6.45, 7) is 4.30. The number of nitrogens with two attached hydrogens (primary N) is 1. The van der Waals surface area contributed by atoms with Gasteiger partial charge in [0.2, 0.25) is 0 Å². The van der Waals surface area contributed by atoms with Gasteiger partial charge in [0.25, 0.3) is 0 Å². The summed E-state index contributed by atoms with van der Waals surface area (Å²) in [7, 11) is 0. The Bertz CT molecular complexity index is 572. The second-order valence-corrected chi connectivity index (χ2v) is 6.37. The molecule has 0 fully saturated rings. The summed E-state index contributed by atoms with van der Waals surface area (Å²) in [6.07, 6.45) is 2.23. The predicted molar refractivity (Wildman–Crippen MR) is 76.7 cm³/mol. The van der Waals surface area contributed by atoms with Gasteiger partial charge in [0.05, 0.1) is 11.7 Å². The highest BCUT2D eigenvalue weighted by molar-refractivity contribution is 7.12. The minimum Gasteiger partial charge on any atom is -0.322 e. The van der Waals surface area contributed by atoms with Crippen LogP contribution in [0.15, 0.2) is 24.3 Å². The van der Waals surface area contributed by atoms with Gasteiger partial charge in [-0.3, -0.25) is 0 Å². The third kappa shape index (κ3) is 1.88. The fraction of sp³-hybridized carbons (Fsp3) is 0.400. The molecule has 1 aromatic carbocycles. The van der Waals surface area contributed by atoms with Crippen molar-refractivity contribution in [3.8, 4) is 11.3 Å². The van der Waals surface area contributed by atoms with Gasteiger partial charge in [-0.05, 0) is 24.3 Å². The Morgan fingerprint density at radius 1 is 1.22 bits per heavy atom. The van der Waals surface area contributed by atoms with Crippen LogP contribution in [-0.4, -0.2) is 4.98 Å². The first-order chi connectivity index (χ1) is 8.66. The summed E-state index contributed by atoms with van der Waals surface area (Å²) >= 11 is 1.80. The maximum Gasteiger partial charge on any atom is 0.111 e. The summed E-state index contributed by atoms with van der Waals surface area (Å²) < 4.78 is 0. The van der Waals surface area contributed by atoms with E-state index in [1.165, 1.54) is 21.7 Å². The fourth-order valence-corrected chi connectivity index (χ4v) is 3.65. The number of aromatic nitrogens is 1. The number of benzene rings is 1. The quantitative estimate of drug-likeness (QED) is 0.894. The van der Waals surface area contributed by atoms with E-state index in [0.29, 0.717) is 5.92 Å². The van der Waals surface area contributed by atoms with Gasteiger partial charge in [0, 0.05) is 10.4 Å². The maximum absolute atomic E-state index is 6.22. The van der Waals surface area contributed by atoms with Crippen molar-refractivity contribution in [3.63, 3.8) is 0 Å². The van der Waals surface area contributed by atoms with Crippen molar-refractivity contribution in [1.82, 2.24) is 4.98 Å². The van der Waals surface area contributed by atoms with Crippen LogP contribution in [0, 0.1) is 5.92 Å². The number of aryl methyl sites for hydroxylation is 2. The molecule has 2 nitrogen and oxygen atoms in total. The van der Waals surface area contributed by atoms with Crippen molar-refractivity contribution in [2.24, 2.45) is 11.7 Å². The van der Waals surface area contributed by atoms with Crippen LogP contribution in [0.25, 0.3) is 11.3 Å². The molecule has 0 aliphatic heterocycles. The standard InChI is InChI=1S/C15H18N2S/c1-9(2)13(16)15-17-14-11-6-4-3-5-10(11)7-8-12(14)18-15/h3-6,9,13H,7-8,16H2,1-2H3. The Morgan fingerprint density at radius 3 is 2.78 bits per heavy atom. The van der Waals surface area contributed by atoms with Crippen LogP contribution in [-0.2, 0) is 12.8 Å². The Hall–Kier alpha value is -1.19. The minimum atomic E-state index is 0.0627. The van der Waals surface area contributed by atoms with Crippen LogP contribution in [0.3, 0.4) is 0 Å². The minimum absolute atomic E-state index is 0.0627. The number of nitrogens with zero attached hydrogens (tertiary/aromatic N) is 1. The summed E-state index contributed by atoms with van der Waals surface area (Å²) in [6, 6.07) is 8.65. The molecule has 1 aliphatic carbocycles. The van der Waals surface area contributed by atoms with Crippen LogP contribution < -0.4 is 5.73 Å². The molecule has 1 heterocycles. The molecule has 0 saturated heterocycles.